The van der Waals surface area contributed by atoms with E-state index in [0.29, 0.717) is 13.2 Å². The number of ether oxygens (including phenoxy) is 1. The molecule has 1 aliphatic carbocycles. The summed E-state index contributed by atoms with van der Waals surface area (Å²) in [7, 11) is 0. The van der Waals surface area contributed by atoms with Gasteiger partial charge in [0.05, 0.1) is 18.0 Å². The summed E-state index contributed by atoms with van der Waals surface area (Å²) in [6.45, 7) is 0.803. The van der Waals surface area contributed by atoms with Gasteiger partial charge in [-0.1, -0.05) is 30.3 Å². The molecule has 3 nitrogen and oxygen atoms in total. The van der Waals surface area contributed by atoms with Gasteiger partial charge in [-0.2, -0.15) is 0 Å². The van der Waals surface area contributed by atoms with Gasteiger partial charge in [0, 0.05) is 0 Å². The third-order valence-electron chi connectivity index (χ3n) is 2.64. The first-order valence-corrected chi connectivity index (χ1v) is 6.01. The molecule has 0 aliphatic heterocycles. The zero-order valence-corrected chi connectivity index (χ0v) is 12.2. The molecule has 0 saturated heterocycles. The molecular formula is C11H13NaO3S. The minimum Gasteiger partial charge on any atom is -0.772 e. The molecule has 5 heteroatoms. The van der Waals surface area contributed by atoms with Gasteiger partial charge in [-0.15, -0.1) is 0 Å². The van der Waals surface area contributed by atoms with E-state index in [9.17, 15) is 8.76 Å². The van der Waals surface area contributed by atoms with Crippen molar-refractivity contribution in [2.45, 2.75) is 24.2 Å². The minimum absolute atomic E-state index is 0. The molecule has 82 valence electrons. The van der Waals surface area contributed by atoms with Gasteiger partial charge in [0.25, 0.3) is 0 Å². The third kappa shape index (κ3) is 3.65. The predicted molar refractivity (Wildman–Crippen MR) is 57.0 cm³/mol. The van der Waals surface area contributed by atoms with E-state index in [1.165, 1.54) is 0 Å². The summed E-state index contributed by atoms with van der Waals surface area (Å²) < 4.78 is 26.5. The van der Waals surface area contributed by atoms with Crippen molar-refractivity contribution in [1.82, 2.24) is 0 Å². The maximum Gasteiger partial charge on any atom is 1.00 e. The van der Waals surface area contributed by atoms with E-state index in [1.807, 2.05) is 30.3 Å². The van der Waals surface area contributed by atoms with Crippen LogP contribution >= 0.6 is 0 Å². The Morgan fingerprint density at radius 3 is 2.44 bits per heavy atom. The predicted octanol–water partition coefficient (Wildman–Crippen LogP) is -1.38. The molecule has 1 aromatic carbocycles. The molecule has 1 aromatic rings. The van der Waals surface area contributed by atoms with Crippen molar-refractivity contribution in [3.63, 3.8) is 0 Å². The van der Waals surface area contributed by atoms with Crippen molar-refractivity contribution in [2.75, 3.05) is 6.61 Å². The second-order valence-corrected chi connectivity index (χ2v) is 5.23. The molecule has 1 unspecified atom stereocenters. The Labute approximate surface area is 120 Å². The van der Waals surface area contributed by atoms with E-state index in [2.05, 4.69) is 0 Å². The number of hydrogen-bond acceptors (Lipinski definition) is 3. The summed E-state index contributed by atoms with van der Waals surface area (Å²) in [5.74, 6) is 0. The molecule has 0 amide bonds. The molecule has 1 atom stereocenters. The van der Waals surface area contributed by atoms with Crippen LogP contribution in [0.2, 0.25) is 0 Å². The normalized spacial score (nSPS) is 18.6. The van der Waals surface area contributed by atoms with Crippen LogP contribution < -0.4 is 29.6 Å². The van der Waals surface area contributed by atoms with Gasteiger partial charge in [-0.05, 0) is 29.5 Å². The molecule has 1 saturated carbocycles. The molecule has 0 heterocycles. The second-order valence-electron chi connectivity index (χ2n) is 3.90. The maximum atomic E-state index is 10.8. The van der Waals surface area contributed by atoms with E-state index in [4.69, 9.17) is 4.74 Å². The molecule has 0 aromatic heterocycles. The van der Waals surface area contributed by atoms with Crippen LogP contribution in [0.25, 0.3) is 0 Å². The maximum absolute atomic E-state index is 10.8. The largest absolute Gasteiger partial charge is 1.00 e. The van der Waals surface area contributed by atoms with Gasteiger partial charge in [-0.25, -0.2) is 0 Å². The smallest absolute Gasteiger partial charge is 0.772 e. The number of hydrogen-bond donors (Lipinski definition) is 0. The van der Waals surface area contributed by atoms with E-state index >= 15 is 0 Å². The van der Waals surface area contributed by atoms with Gasteiger partial charge in [0.1, 0.15) is 0 Å². The zero-order chi connectivity index (χ0) is 10.7. The van der Waals surface area contributed by atoms with Crippen molar-refractivity contribution in [3.05, 3.63) is 35.9 Å². The van der Waals surface area contributed by atoms with Crippen LogP contribution in [0.1, 0.15) is 18.4 Å². The second kappa shape index (κ2) is 6.28. The van der Waals surface area contributed by atoms with Crippen molar-refractivity contribution in [2.24, 2.45) is 0 Å². The molecular weight excluding hydrogens is 235 g/mol. The summed E-state index contributed by atoms with van der Waals surface area (Å²) in [5.41, 5.74) is 1.07. The number of benzene rings is 1. The summed E-state index contributed by atoms with van der Waals surface area (Å²) in [6.07, 6.45) is 1.47. The Morgan fingerprint density at radius 2 is 1.94 bits per heavy atom. The van der Waals surface area contributed by atoms with Gasteiger partial charge in [0.2, 0.25) is 0 Å². The first-order chi connectivity index (χ1) is 7.23. The van der Waals surface area contributed by atoms with Crippen LogP contribution in [0.3, 0.4) is 0 Å². The monoisotopic (exact) mass is 248 g/mol. The fourth-order valence-corrected chi connectivity index (χ4v) is 2.04. The molecule has 1 fully saturated rings. The minimum atomic E-state index is -2.00. The van der Waals surface area contributed by atoms with Crippen molar-refractivity contribution >= 4 is 11.1 Å². The first kappa shape index (κ1) is 14.4. The standard InChI is InChI=1S/C11H14O3S.Na/c12-15(13)11(6-7-11)9-14-8-10-4-2-1-3-5-10;/h1-5H,6-9H2,(H,12,13);/q;+1/p-1. The van der Waals surface area contributed by atoms with Crippen LogP contribution in [0.4, 0.5) is 0 Å². The van der Waals surface area contributed by atoms with Crippen LogP contribution in [0, 0.1) is 0 Å². The van der Waals surface area contributed by atoms with E-state index in [0.717, 1.165) is 18.4 Å². The number of rotatable bonds is 5. The van der Waals surface area contributed by atoms with Gasteiger partial charge in [-0.3, -0.25) is 4.21 Å². The SMILES string of the molecule is O=S([O-])C1(COCc2ccccc2)CC1.[Na+]. The van der Waals surface area contributed by atoms with Gasteiger partial charge < -0.3 is 9.29 Å². The Bertz CT molecular complexity index is 352. The van der Waals surface area contributed by atoms with E-state index < -0.39 is 15.8 Å². The third-order valence-corrected chi connectivity index (χ3v) is 3.87. The van der Waals surface area contributed by atoms with Crippen LogP contribution in [0.15, 0.2) is 30.3 Å². The van der Waals surface area contributed by atoms with Crippen LogP contribution in [-0.4, -0.2) is 20.1 Å². The fraction of sp³-hybridized carbons (Fsp3) is 0.455. The molecule has 16 heavy (non-hydrogen) atoms. The summed E-state index contributed by atoms with van der Waals surface area (Å²) in [4.78, 5) is 0. The average Bonchev–Trinajstić information content (AvgIpc) is 3.01. The van der Waals surface area contributed by atoms with Crippen molar-refractivity contribution in [3.8, 4) is 0 Å². The molecule has 0 radical (unpaired) electrons. The van der Waals surface area contributed by atoms with Gasteiger partial charge >= 0.3 is 29.6 Å². The van der Waals surface area contributed by atoms with E-state index in [1.54, 1.807) is 0 Å². The zero-order valence-electron chi connectivity index (χ0n) is 9.35. The molecule has 1 aliphatic rings. The molecule has 0 N–H and O–H groups in total. The van der Waals surface area contributed by atoms with E-state index in [-0.39, 0.29) is 29.6 Å². The summed E-state index contributed by atoms with van der Waals surface area (Å²) in [6, 6.07) is 9.76. The van der Waals surface area contributed by atoms with Crippen molar-refractivity contribution in [1.29, 1.82) is 0 Å². The molecule has 2 rings (SSSR count). The quantitative estimate of drug-likeness (QED) is 0.476. The van der Waals surface area contributed by atoms with Gasteiger partial charge in [0.15, 0.2) is 0 Å². The molecule has 0 bridgehead atoms. The fourth-order valence-electron chi connectivity index (χ4n) is 1.43. The molecule has 0 spiro atoms. The van der Waals surface area contributed by atoms with Crippen LogP contribution in [-0.2, 0) is 22.4 Å². The van der Waals surface area contributed by atoms with Crippen molar-refractivity contribution < 1.29 is 43.1 Å². The Hall–Kier alpha value is 0.290. The summed E-state index contributed by atoms with van der Waals surface area (Å²) in [5, 5.41) is 0. The Kier molecular flexibility index (Phi) is 5.64. The summed E-state index contributed by atoms with van der Waals surface area (Å²) >= 11 is -2.00. The Morgan fingerprint density at radius 1 is 1.31 bits per heavy atom. The first-order valence-electron chi connectivity index (χ1n) is 4.94. The topological polar surface area (TPSA) is 49.4 Å². The van der Waals surface area contributed by atoms with Crippen LogP contribution in [0.5, 0.6) is 0 Å². The average molecular weight is 248 g/mol. The Balaban J connectivity index is 0.00000128.